The van der Waals surface area contributed by atoms with Crippen LogP contribution in [0.1, 0.15) is 35.7 Å². The summed E-state index contributed by atoms with van der Waals surface area (Å²) in [4.78, 5) is 27.9. The monoisotopic (exact) mass is 291 g/mol. The second-order valence-corrected chi connectivity index (χ2v) is 4.87. The molecule has 21 heavy (non-hydrogen) atoms. The van der Waals surface area contributed by atoms with Crippen LogP contribution in [0.5, 0.6) is 0 Å². The smallest absolute Gasteiger partial charge is 0.266 e. The largest absolute Gasteiger partial charge is 0.395 e. The van der Waals surface area contributed by atoms with E-state index >= 15 is 0 Å². The van der Waals surface area contributed by atoms with Crippen LogP contribution in [0, 0.1) is 25.2 Å². The van der Waals surface area contributed by atoms with Crippen molar-refractivity contribution < 1.29 is 9.90 Å². The second kappa shape index (κ2) is 7.60. The van der Waals surface area contributed by atoms with E-state index in [4.69, 9.17) is 10.4 Å². The Morgan fingerprint density at radius 2 is 2.10 bits per heavy atom. The lowest BCUT2D eigenvalue weighted by atomic mass is 9.99. The number of nitriles is 1. The van der Waals surface area contributed by atoms with Crippen LogP contribution < -0.4 is 5.56 Å². The molecule has 114 valence electrons. The minimum absolute atomic E-state index is 0.0462. The number of H-pyrrole nitrogens is 1. The van der Waals surface area contributed by atoms with Gasteiger partial charge in [-0.3, -0.25) is 9.59 Å². The molecule has 0 fully saturated rings. The summed E-state index contributed by atoms with van der Waals surface area (Å²) in [6, 6.07) is 1.90. The van der Waals surface area contributed by atoms with Crippen molar-refractivity contribution in [3.63, 3.8) is 0 Å². The maximum Gasteiger partial charge on any atom is 0.266 e. The zero-order chi connectivity index (χ0) is 16.0. The Kier molecular flexibility index (Phi) is 6.12. The van der Waals surface area contributed by atoms with Crippen molar-refractivity contribution in [1.29, 1.82) is 5.26 Å². The Morgan fingerprint density at radius 1 is 1.43 bits per heavy atom. The van der Waals surface area contributed by atoms with E-state index in [0.29, 0.717) is 30.8 Å². The van der Waals surface area contributed by atoms with Gasteiger partial charge in [0.15, 0.2) is 0 Å². The lowest BCUT2D eigenvalue weighted by Gasteiger charge is -2.20. The zero-order valence-electron chi connectivity index (χ0n) is 12.7. The van der Waals surface area contributed by atoms with E-state index in [0.717, 1.165) is 5.56 Å². The number of aliphatic hydroxyl groups is 1. The summed E-state index contributed by atoms with van der Waals surface area (Å²) in [5, 5.41) is 17.9. The number of aromatic amines is 1. The molecule has 1 heterocycles. The number of aliphatic hydroxyl groups excluding tert-OH is 1. The van der Waals surface area contributed by atoms with Gasteiger partial charge in [0.1, 0.15) is 11.6 Å². The molecule has 6 heteroatoms. The minimum atomic E-state index is -0.391. The first-order chi connectivity index (χ1) is 9.96. The third-order valence-corrected chi connectivity index (χ3v) is 3.61. The molecule has 0 aliphatic rings. The first kappa shape index (κ1) is 16.9. The van der Waals surface area contributed by atoms with Crippen molar-refractivity contribution in [2.24, 2.45) is 0 Å². The van der Waals surface area contributed by atoms with Gasteiger partial charge in [0.25, 0.3) is 5.56 Å². The van der Waals surface area contributed by atoms with Gasteiger partial charge >= 0.3 is 0 Å². The van der Waals surface area contributed by atoms with E-state index in [-0.39, 0.29) is 24.5 Å². The lowest BCUT2D eigenvalue weighted by Crippen LogP contribution is -2.33. The van der Waals surface area contributed by atoms with Crippen LogP contribution in [0.3, 0.4) is 0 Å². The first-order valence-electron chi connectivity index (χ1n) is 6.97. The number of likely N-dealkylation sites (N-methyl/N-ethyl adjacent to an activating group) is 1. The predicted octanol–water partition coefficient (Wildman–Crippen LogP) is 0.637. The fourth-order valence-electron chi connectivity index (χ4n) is 2.39. The molecule has 0 aliphatic carbocycles. The van der Waals surface area contributed by atoms with Crippen molar-refractivity contribution in [3.05, 3.63) is 32.7 Å². The van der Waals surface area contributed by atoms with Gasteiger partial charge < -0.3 is 15.0 Å². The Labute approximate surface area is 124 Å². The van der Waals surface area contributed by atoms with Gasteiger partial charge in [-0.15, -0.1) is 0 Å². The van der Waals surface area contributed by atoms with Gasteiger partial charge in [-0.2, -0.15) is 5.26 Å². The average molecular weight is 291 g/mol. The number of carbonyl (C=O) groups is 1. The SMILES string of the molecule is CCN(CCO)C(=O)CCc1c(C)[nH]c(=O)c(C#N)c1C. The quantitative estimate of drug-likeness (QED) is 0.803. The number of nitrogens with zero attached hydrogens (tertiary/aromatic N) is 2. The maximum absolute atomic E-state index is 12.1. The van der Waals surface area contributed by atoms with Gasteiger partial charge in [0.05, 0.1) is 6.61 Å². The maximum atomic E-state index is 12.1. The summed E-state index contributed by atoms with van der Waals surface area (Å²) < 4.78 is 0. The molecule has 0 bridgehead atoms. The number of nitrogens with one attached hydrogen (secondary N) is 1. The first-order valence-corrected chi connectivity index (χ1v) is 6.97. The molecular weight excluding hydrogens is 270 g/mol. The molecule has 0 saturated heterocycles. The standard InChI is InChI=1S/C15H21N3O3/c1-4-18(7-8-19)14(20)6-5-12-10(2)13(9-16)15(21)17-11(12)3/h19H,4-8H2,1-3H3,(H,17,21). The Balaban J connectivity index is 2.93. The Bertz CT molecular complexity index is 614. The highest BCUT2D eigenvalue weighted by molar-refractivity contribution is 5.76. The van der Waals surface area contributed by atoms with Crippen LogP contribution in [0.2, 0.25) is 0 Å². The molecule has 1 rings (SSSR count). The van der Waals surface area contributed by atoms with Crippen LogP contribution in [-0.4, -0.2) is 40.6 Å². The number of rotatable bonds is 6. The van der Waals surface area contributed by atoms with Crippen molar-refractivity contribution >= 4 is 5.91 Å². The molecule has 6 nitrogen and oxygen atoms in total. The molecule has 0 radical (unpaired) electrons. The van der Waals surface area contributed by atoms with E-state index in [1.54, 1.807) is 18.7 Å². The molecule has 1 aromatic heterocycles. The fourth-order valence-corrected chi connectivity index (χ4v) is 2.39. The number of amides is 1. The van der Waals surface area contributed by atoms with Crippen molar-refractivity contribution in [2.75, 3.05) is 19.7 Å². The molecule has 0 aromatic carbocycles. The summed E-state index contributed by atoms with van der Waals surface area (Å²) in [7, 11) is 0. The van der Waals surface area contributed by atoms with Gasteiger partial charge in [0.2, 0.25) is 5.91 Å². The fraction of sp³-hybridized carbons (Fsp3) is 0.533. The number of carbonyl (C=O) groups excluding carboxylic acids is 1. The number of aromatic nitrogens is 1. The van der Waals surface area contributed by atoms with Gasteiger partial charge in [-0.05, 0) is 38.3 Å². The highest BCUT2D eigenvalue weighted by Gasteiger charge is 2.15. The zero-order valence-corrected chi connectivity index (χ0v) is 12.7. The molecule has 0 atom stereocenters. The molecule has 0 aliphatic heterocycles. The van der Waals surface area contributed by atoms with Crippen molar-refractivity contribution in [1.82, 2.24) is 9.88 Å². The van der Waals surface area contributed by atoms with Crippen molar-refractivity contribution in [3.8, 4) is 6.07 Å². The van der Waals surface area contributed by atoms with Gasteiger partial charge in [-0.25, -0.2) is 0 Å². The molecule has 0 unspecified atom stereocenters. The highest BCUT2D eigenvalue weighted by atomic mass is 16.3. The van der Waals surface area contributed by atoms with Crippen LogP contribution in [0.4, 0.5) is 0 Å². The Hall–Kier alpha value is -2.13. The van der Waals surface area contributed by atoms with E-state index in [1.807, 2.05) is 13.0 Å². The van der Waals surface area contributed by atoms with Crippen LogP contribution in [0.25, 0.3) is 0 Å². The molecular formula is C15H21N3O3. The second-order valence-electron chi connectivity index (χ2n) is 4.87. The Morgan fingerprint density at radius 3 is 2.62 bits per heavy atom. The summed E-state index contributed by atoms with van der Waals surface area (Å²) in [5.41, 5.74) is 1.87. The lowest BCUT2D eigenvalue weighted by molar-refractivity contribution is -0.131. The molecule has 0 spiro atoms. The van der Waals surface area contributed by atoms with Crippen molar-refractivity contribution in [2.45, 2.75) is 33.6 Å². The van der Waals surface area contributed by atoms with Crippen LogP contribution >= 0.6 is 0 Å². The predicted molar refractivity (Wildman–Crippen MR) is 78.9 cm³/mol. The minimum Gasteiger partial charge on any atom is -0.395 e. The summed E-state index contributed by atoms with van der Waals surface area (Å²) in [6.07, 6.45) is 0.746. The van der Waals surface area contributed by atoms with Gasteiger partial charge in [0, 0.05) is 25.2 Å². The van der Waals surface area contributed by atoms with E-state index < -0.39 is 5.56 Å². The van der Waals surface area contributed by atoms with Crippen LogP contribution in [-0.2, 0) is 11.2 Å². The normalized spacial score (nSPS) is 10.2. The summed E-state index contributed by atoms with van der Waals surface area (Å²) in [6.45, 7) is 6.16. The summed E-state index contributed by atoms with van der Waals surface area (Å²) in [5.74, 6) is -0.0462. The molecule has 1 aromatic rings. The number of hydrogen-bond donors (Lipinski definition) is 2. The summed E-state index contributed by atoms with van der Waals surface area (Å²) >= 11 is 0. The van der Waals surface area contributed by atoms with Gasteiger partial charge in [-0.1, -0.05) is 0 Å². The van der Waals surface area contributed by atoms with E-state index in [2.05, 4.69) is 4.98 Å². The highest BCUT2D eigenvalue weighted by Crippen LogP contribution is 2.15. The van der Waals surface area contributed by atoms with Crippen LogP contribution in [0.15, 0.2) is 4.79 Å². The number of pyridine rings is 1. The van der Waals surface area contributed by atoms with E-state index in [1.165, 1.54) is 0 Å². The average Bonchev–Trinajstić information content (AvgIpc) is 2.44. The number of aryl methyl sites for hydroxylation is 1. The van der Waals surface area contributed by atoms with E-state index in [9.17, 15) is 9.59 Å². The molecule has 0 saturated carbocycles. The molecule has 1 amide bonds. The number of hydrogen-bond acceptors (Lipinski definition) is 4. The third-order valence-electron chi connectivity index (χ3n) is 3.61. The third kappa shape index (κ3) is 3.92. The molecule has 2 N–H and O–H groups in total. The topological polar surface area (TPSA) is 97.2 Å².